The molecule has 3 N–H and O–H groups in total. The lowest BCUT2D eigenvalue weighted by atomic mass is 10.0. The van der Waals surface area contributed by atoms with Crippen LogP contribution in [0.5, 0.6) is 0 Å². The number of carboxylic acids is 1. The zero-order valence-electron chi connectivity index (χ0n) is 12.6. The maximum atomic E-state index is 11.7. The topological polar surface area (TPSA) is 91.3 Å². The number of nitrogens with one attached hydrogen (secondary N) is 2. The number of aromatic nitrogens is 1. The average molecular weight is 293 g/mol. The highest BCUT2D eigenvalue weighted by Gasteiger charge is 2.12. The highest BCUT2D eigenvalue weighted by atomic mass is 16.4. The molecule has 21 heavy (non-hydrogen) atoms. The van der Waals surface area contributed by atoms with Crippen molar-refractivity contribution in [3.05, 3.63) is 29.6 Å². The van der Waals surface area contributed by atoms with Crippen LogP contribution in [0.3, 0.4) is 0 Å². The number of aliphatic carboxylic acids is 1. The number of carbonyl (C=O) groups excluding carboxylic acids is 1. The smallest absolute Gasteiger partial charge is 0.315 e. The third-order valence-corrected chi connectivity index (χ3v) is 3.37. The fraction of sp³-hybridized carbons (Fsp3) is 0.533. The Kier molecular flexibility index (Phi) is 7.21. The van der Waals surface area contributed by atoms with E-state index in [1.54, 1.807) is 6.20 Å². The summed E-state index contributed by atoms with van der Waals surface area (Å²) in [6.07, 6.45) is 3.35. The van der Waals surface area contributed by atoms with E-state index in [-0.39, 0.29) is 18.4 Å². The van der Waals surface area contributed by atoms with Gasteiger partial charge in [-0.2, -0.15) is 0 Å². The van der Waals surface area contributed by atoms with E-state index < -0.39 is 5.97 Å². The number of nitrogens with zero attached hydrogens (tertiary/aromatic N) is 1. The van der Waals surface area contributed by atoms with Gasteiger partial charge in [0.05, 0.1) is 12.2 Å². The van der Waals surface area contributed by atoms with Crippen LogP contribution in [0, 0.1) is 5.92 Å². The van der Waals surface area contributed by atoms with Crippen molar-refractivity contribution in [2.75, 3.05) is 6.54 Å². The van der Waals surface area contributed by atoms with Gasteiger partial charge in [-0.05, 0) is 24.0 Å². The monoisotopic (exact) mass is 293 g/mol. The molecule has 1 aromatic heterocycles. The summed E-state index contributed by atoms with van der Waals surface area (Å²) in [5.41, 5.74) is 1.96. The number of hydrogen-bond donors (Lipinski definition) is 3. The SMILES string of the molecule is CCc1cccnc1CNC(=O)NCC(CC)CC(=O)O. The molecule has 0 fully saturated rings. The highest BCUT2D eigenvalue weighted by Crippen LogP contribution is 2.07. The molecule has 0 aliphatic carbocycles. The van der Waals surface area contributed by atoms with Crippen molar-refractivity contribution in [1.29, 1.82) is 0 Å². The lowest BCUT2D eigenvalue weighted by molar-refractivity contribution is -0.138. The first-order valence-corrected chi connectivity index (χ1v) is 7.23. The molecule has 116 valence electrons. The van der Waals surface area contributed by atoms with Gasteiger partial charge in [0, 0.05) is 19.2 Å². The van der Waals surface area contributed by atoms with Crippen LogP contribution in [-0.4, -0.2) is 28.6 Å². The summed E-state index contributed by atoms with van der Waals surface area (Å²) in [7, 11) is 0. The second kappa shape index (κ2) is 8.94. The van der Waals surface area contributed by atoms with Gasteiger partial charge in [-0.1, -0.05) is 26.3 Å². The van der Waals surface area contributed by atoms with E-state index in [2.05, 4.69) is 15.6 Å². The molecule has 0 saturated heterocycles. The maximum Gasteiger partial charge on any atom is 0.315 e. The van der Waals surface area contributed by atoms with Crippen LogP contribution in [0.2, 0.25) is 0 Å². The van der Waals surface area contributed by atoms with Crippen molar-refractivity contribution in [1.82, 2.24) is 15.6 Å². The van der Waals surface area contributed by atoms with Gasteiger partial charge in [0.2, 0.25) is 0 Å². The van der Waals surface area contributed by atoms with Crippen LogP contribution in [0.15, 0.2) is 18.3 Å². The van der Waals surface area contributed by atoms with Gasteiger partial charge in [-0.3, -0.25) is 9.78 Å². The van der Waals surface area contributed by atoms with E-state index in [9.17, 15) is 9.59 Å². The predicted molar refractivity (Wildman–Crippen MR) is 79.9 cm³/mol. The van der Waals surface area contributed by atoms with Gasteiger partial charge in [-0.15, -0.1) is 0 Å². The molecule has 0 saturated carbocycles. The summed E-state index contributed by atoms with van der Waals surface area (Å²) in [6.45, 7) is 4.68. The molecule has 6 heteroatoms. The minimum Gasteiger partial charge on any atom is -0.481 e. The maximum absolute atomic E-state index is 11.7. The molecule has 0 radical (unpaired) electrons. The number of urea groups is 1. The number of amides is 2. The van der Waals surface area contributed by atoms with E-state index in [1.165, 1.54) is 0 Å². The van der Waals surface area contributed by atoms with Crippen molar-refractivity contribution in [2.45, 2.75) is 39.7 Å². The van der Waals surface area contributed by atoms with Gasteiger partial charge in [0.25, 0.3) is 0 Å². The van der Waals surface area contributed by atoms with Gasteiger partial charge >= 0.3 is 12.0 Å². The van der Waals surface area contributed by atoms with Gasteiger partial charge in [0.1, 0.15) is 0 Å². The molecular weight excluding hydrogens is 270 g/mol. The number of pyridine rings is 1. The Morgan fingerprint density at radius 2 is 2.10 bits per heavy atom. The molecule has 0 aromatic carbocycles. The van der Waals surface area contributed by atoms with Crippen molar-refractivity contribution >= 4 is 12.0 Å². The molecule has 6 nitrogen and oxygen atoms in total. The molecule has 1 heterocycles. The van der Waals surface area contributed by atoms with E-state index in [4.69, 9.17) is 5.11 Å². The van der Waals surface area contributed by atoms with E-state index in [0.29, 0.717) is 19.5 Å². The third kappa shape index (κ3) is 6.25. The van der Waals surface area contributed by atoms with Crippen LogP contribution in [0.4, 0.5) is 4.79 Å². The van der Waals surface area contributed by atoms with Crippen molar-refractivity contribution in [3.63, 3.8) is 0 Å². The summed E-state index contributed by atoms with van der Waals surface area (Å²) >= 11 is 0. The second-order valence-corrected chi connectivity index (χ2v) is 4.90. The molecule has 0 aliphatic heterocycles. The molecule has 0 bridgehead atoms. The fourth-order valence-corrected chi connectivity index (χ4v) is 2.02. The quantitative estimate of drug-likeness (QED) is 0.683. The summed E-state index contributed by atoms with van der Waals surface area (Å²) in [5.74, 6) is -0.889. The summed E-state index contributed by atoms with van der Waals surface area (Å²) in [4.78, 5) is 26.6. The Hall–Kier alpha value is -2.11. The minimum atomic E-state index is -0.842. The van der Waals surface area contributed by atoms with Crippen molar-refractivity contribution in [3.8, 4) is 0 Å². The van der Waals surface area contributed by atoms with E-state index in [1.807, 2.05) is 26.0 Å². The van der Waals surface area contributed by atoms with Crippen LogP contribution in [0.25, 0.3) is 0 Å². The molecule has 1 rings (SSSR count). The average Bonchev–Trinajstić information content (AvgIpc) is 2.49. The first-order chi connectivity index (χ1) is 10.1. The van der Waals surface area contributed by atoms with Crippen LogP contribution >= 0.6 is 0 Å². The lowest BCUT2D eigenvalue weighted by Gasteiger charge is -2.14. The zero-order valence-corrected chi connectivity index (χ0v) is 12.6. The summed E-state index contributed by atoms with van der Waals surface area (Å²) < 4.78 is 0. The number of aryl methyl sites for hydroxylation is 1. The Morgan fingerprint density at radius 3 is 2.71 bits per heavy atom. The van der Waals surface area contributed by atoms with E-state index >= 15 is 0 Å². The highest BCUT2D eigenvalue weighted by molar-refractivity contribution is 5.74. The van der Waals surface area contributed by atoms with Gasteiger partial charge in [0.15, 0.2) is 0 Å². The standard InChI is InChI=1S/C15H23N3O3/c1-3-11(8-14(19)20)9-17-15(21)18-10-13-12(4-2)6-5-7-16-13/h5-7,11H,3-4,8-10H2,1-2H3,(H,19,20)(H2,17,18,21). The van der Waals surface area contributed by atoms with Gasteiger partial charge < -0.3 is 15.7 Å². The molecule has 0 spiro atoms. The first-order valence-electron chi connectivity index (χ1n) is 7.23. The Labute approximate surface area is 125 Å². The molecular formula is C15H23N3O3. The first kappa shape index (κ1) is 16.9. The largest absolute Gasteiger partial charge is 0.481 e. The Bertz CT molecular complexity index is 477. The molecule has 1 unspecified atom stereocenters. The number of carbonyl (C=O) groups is 2. The van der Waals surface area contributed by atoms with Gasteiger partial charge in [-0.25, -0.2) is 4.79 Å². The third-order valence-electron chi connectivity index (χ3n) is 3.37. The number of rotatable bonds is 8. The molecule has 1 aromatic rings. The lowest BCUT2D eigenvalue weighted by Crippen LogP contribution is -2.38. The fourth-order valence-electron chi connectivity index (χ4n) is 2.02. The van der Waals surface area contributed by atoms with Crippen LogP contribution in [-0.2, 0) is 17.8 Å². The summed E-state index contributed by atoms with van der Waals surface area (Å²) in [5, 5.41) is 14.2. The molecule has 2 amide bonds. The second-order valence-electron chi connectivity index (χ2n) is 4.90. The predicted octanol–water partition coefficient (Wildman–Crippen LogP) is 1.94. The number of carboxylic acid groups (broad SMARTS) is 1. The van der Waals surface area contributed by atoms with Crippen LogP contribution < -0.4 is 10.6 Å². The number of hydrogen-bond acceptors (Lipinski definition) is 3. The Balaban J connectivity index is 2.38. The van der Waals surface area contributed by atoms with Crippen LogP contribution in [0.1, 0.15) is 37.9 Å². The van der Waals surface area contributed by atoms with Crippen molar-refractivity contribution in [2.24, 2.45) is 5.92 Å². The minimum absolute atomic E-state index is 0.0469. The van der Waals surface area contributed by atoms with E-state index in [0.717, 1.165) is 17.7 Å². The normalized spacial score (nSPS) is 11.7. The van der Waals surface area contributed by atoms with Crippen molar-refractivity contribution < 1.29 is 14.7 Å². The molecule has 1 atom stereocenters. The zero-order chi connectivity index (χ0) is 15.7. The summed E-state index contributed by atoms with van der Waals surface area (Å²) in [6, 6.07) is 3.56. The Morgan fingerprint density at radius 1 is 1.33 bits per heavy atom. The molecule has 0 aliphatic rings.